The molecule has 132 valence electrons. The van der Waals surface area contributed by atoms with E-state index in [9.17, 15) is 9.18 Å². The minimum absolute atomic E-state index is 0.0392. The fraction of sp³-hybridized carbons (Fsp3) is 0.350. The van der Waals surface area contributed by atoms with Gasteiger partial charge in [0.15, 0.2) is 0 Å². The number of rotatable bonds is 5. The maximum Gasteiger partial charge on any atom is 0.228 e. The van der Waals surface area contributed by atoms with Crippen molar-refractivity contribution in [3.63, 3.8) is 0 Å². The summed E-state index contributed by atoms with van der Waals surface area (Å²) in [5.74, 6) is -0.165. The SMILES string of the molecule is COc1cc(F)ccc1NC(=O)C1CCCN(Cc2ccccc2)C1. The highest BCUT2D eigenvalue weighted by Gasteiger charge is 2.26. The van der Waals surface area contributed by atoms with Gasteiger partial charge in [-0.15, -0.1) is 0 Å². The monoisotopic (exact) mass is 342 g/mol. The smallest absolute Gasteiger partial charge is 0.228 e. The highest BCUT2D eigenvalue weighted by atomic mass is 19.1. The van der Waals surface area contributed by atoms with Gasteiger partial charge >= 0.3 is 0 Å². The molecule has 0 saturated carbocycles. The molecular formula is C20H23FN2O2. The van der Waals surface area contributed by atoms with Crippen molar-refractivity contribution in [3.8, 4) is 5.75 Å². The highest BCUT2D eigenvalue weighted by Crippen LogP contribution is 2.27. The molecule has 1 aliphatic heterocycles. The molecule has 3 rings (SSSR count). The van der Waals surface area contributed by atoms with E-state index in [4.69, 9.17) is 4.74 Å². The Morgan fingerprint density at radius 3 is 2.84 bits per heavy atom. The molecule has 4 nitrogen and oxygen atoms in total. The summed E-state index contributed by atoms with van der Waals surface area (Å²) in [6, 6.07) is 14.4. The van der Waals surface area contributed by atoms with Gasteiger partial charge in [-0.05, 0) is 37.1 Å². The van der Waals surface area contributed by atoms with Crippen LogP contribution in [0.5, 0.6) is 5.75 Å². The number of nitrogens with one attached hydrogen (secondary N) is 1. The lowest BCUT2D eigenvalue weighted by Gasteiger charge is -2.32. The van der Waals surface area contributed by atoms with Crippen molar-refractivity contribution in [3.05, 3.63) is 59.9 Å². The van der Waals surface area contributed by atoms with Crippen LogP contribution >= 0.6 is 0 Å². The van der Waals surface area contributed by atoms with Crippen LogP contribution in [0.25, 0.3) is 0 Å². The molecule has 1 heterocycles. The Morgan fingerprint density at radius 1 is 1.28 bits per heavy atom. The van der Waals surface area contributed by atoms with E-state index in [1.807, 2.05) is 18.2 Å². The molecule has 1 aliphatic rings. The molecule has 0 radical (unpaired) electrons. The van der Waals surface area contributed by atoms with Crippen molar-refractivity contribution in [1.29, 1.82) is 0 Å². The molecule has 0 aliphatic carbocycles. The second-order valence-electron chi connectivity index (χ2n) is 6.39. The third-order valence-electron chi connectivity index (χ3n) is 4.55. The number of anilines is 1. The summed E-state index contributed by atoms with van der Waals surface area (Å²) in [5, 5.41) is 2.89. The number of carbonyl (C=O) groups excluding carboxylic acids is 1. The van der Waals surface area contributed by atoms with Gasteiger partial charge in [-0.1, -0.05) is 30.3 Å². The number of likely N-dealkylation sites (tertiary alicyclic amines) is 1. The van der Waals surface area contributed by atoms with Gasteiger partial charge in [0.2, 0.25) is 5.91 Å². The van der Waals surface area contributed by atoms with Crippen molar-refractivity contribution in [2.75, 3.05) is 25.5 Å². The third-order valence-corrected chi connectivity index (χ3v) is 4.55. The van der Waals surface area contributed by atoms with E-state index in [1.165, 1.54) is 30.9 Å². The van der Waals surface area contributed by atoms with E-state index in [2.05, 4.69) is 22.3 Å². The van der Waals surface area contributed by atoms with Gasteiger partial charge in [0, 0.05) is 19.2 Å². The fourth-order valence-electron chi connectivity index (χ4n) is 3.26. The predicted octanol–water partition coefficient (Wildman–Crippen LogP) is 3.69. The minimum atomic E-state index is -0.387. The molecule has 5 heteroatoms. The molecule has 0 bridgehead atoms. The first-order chi connectivity index (χ1) is 12.2. The van der Waals surface area contributed by atoms with E-state index in [0.717, 1.165) is 32.5 Å². The van der Waals surface area contributed by atoms with Crippen molar-refractivity contribution >= 4 is 11.6 Å². The van der Waals surface area contributed by atoms with E-state index < -0.39 is 0 Å². The van der Waals surface area contributed by atoms with Gasteiger partial charge in [-0.2, -0.15) is 0 Å². The van der Waals surface area contributed by atoms with Crippen LogP contribution in [0.15, 0.2) is 48.5 Å². The molecule has 1 fully saturated rings. The zero-order chi connectivity index (χ0) is 17.6. The molecule has 0 spiro atoms. The van der Waals surface area contributed by atoms with E-state index >= 15 is 0 Å². The molecule has 25 heavy (non-hydrogen) atoms. The van der Waals surface area contributed by atoms with Gasteiger partial charge in [-0.3, -0.25) is 9.69 Å². The number of piperidine rings is 1. The van der Waals surface area contributed by atoms with Crippen LogP contribution in [-0.4, -0.2) is 31.0 Å². The minimum Gasteiger partial charge on any atom is -0.494 e. The molecule has 1 saturated heterocycles. The number of amides is 1. The Morgan fingerprint density at radius 2 is 2.08 bits per heavy atom. The lowest BCUT2D eigenvalue weighted by Crippen LogP contribution is -2.40. The largest absolute Gasteiger partial charge is 0.494 e. The summed E-state index contributed by atoms with van der Waals surface area (Å²) in [6.07, 6.45) is 1.85. The number of hydrogen-bond donors (Lipinski definition) is 1. The molecular weight excluding hydrogens is 319 g/mol. The van der Waals surface area contributed by atoms with E-state index in [0.29, 0.717) is 11.4 Å². The molecule has 2 aromatic rings. The first-order valence-corrected chi connectivity index (χ1v) is 8.56. The maximum absolute atomic E-state index is 13.3. The van der Waals surface area contributed by atoms with Crippen molar-refractivity contribution in [2.24, 2.45) is 5.92 Å². The number of halogens is 1. The van der Waals surface area contributed by atoms with Crippen molar-refractivity contribution in [1.82, 2.24) is 4.90 Å². The number of benzene rings is 2. The zero-order valence-electron chi connectivity index (χ0n) is 14.4. The van der Waals surface area contributed by atoms with Gasteiger partial charge < -0.3 is 10.1 Å². The first-order valence-electron chi connectivity index (χ1n) is 8.56. The molecule has 1 N–H and O–H groups in total. The molecule has 2 aromatic carbocycles. The number of carbonyl (C=O) groups is 1. The second kappa shape index (κ2) is 8.12. The summed E-state index contributed by atoms with van der Waals surface area (Å²) in [7, 11) is 1.46. The van der Waals surface area contributed by atoms with Crippen LogP contribution in [0.1, 0.15) is 18.4 Å². The van der Waals surface area contributed by atoms with Crippen LogP contribution in [-0.2, 0) is 11.3 Å². The van der Waals surface area contributed by atoms with Crippen LogP contribution in [0.3, 0.4) is 0 Å². The summed E-state index contributed by atoms with van der Waals surface area (Å²) in [5.41, 5.74) is 1.76. The van der Waals surface area contributed by atoms with Crippen molar-refractivity contribution < 1.29 is 13.9 Å². The Hall–Kier alpha value is -2.40. The average molecular weight is 342 g/mol. The Bertz CT molecular complexity index is 721. The lowest BCUT2D eigenvalue weighted by molar-refractivity contribution is -0.121. The topological polar surface area (TPSA) is 41.6 Å². The number of hydrogen-bond acceptors (Lipinski definition) is 3. The lowest BCUT2D eigenvalue weighted by atomic mass is 9.96. The fourth-order valence-corrected chi connectivity index (χ4v) is 3.26. The van der Waals surface area contributed by atoms with Gasteiger partial charge in [-0.25, -0.2) is 4.39 Å². The number of methoxy groups -OCH3 is 1. The maximum atomic E-state index is 13.3. The standard InChI is InChI=1S/C20H23FN2O2/c1-25-19-12-17(21)9-10-18(19)22-20(24)16-8-5-11-23(14-16)13-15-6-3-2-4-7-15/h2-4,6-7,9-10,12,16H,5,8,11,13-14H2,1H3,(H,22,24). The van der Waals surface area contributed by atoms with Crippen LogP contribution < -0.4 is 10.1 Å². The molecule has 0 aromatic heterocycles. The van der Waals surface area contributed by atoms with Crippen molar-refractivity contribution in [2.45, 2.75) is 19.4 Å². The summed E-state index contributed by atoms with van der Waals surface area (Å²) in [4.78, 5) is 14.9. The average Bonchev–Trinajstić information content (AvgIpc) is 2.64. The molecule has 1 unspecified atom stereocenters. The third kappa shape index (κ3) is 4.57. The van der Waals surface area contributed by atoms with Gasteiger partial charge in [0.1, 0.15) is 11.6 Å². The predicted molar refractivity (Wildman–Crippen MR) is 96.0 cm³/mol. The Kier molecular flexibility index (Phi) is 5.66. The number of nitrogens with zero attached hydrogens (tertiary/aromatic N) is 1. The van der Waals surface area contributed by atoms with Gasteiger partial charge in [0.25, 0.3) is 0 Å². The second-order valence-corrected chi connectivity index (χ2v) is 6.39. The Labute approximate surface area is 147 Å². The quantitative estimate of drug-likeness (QED) is 0.901. The van der Waals surface area contributed by atoms with Gasteiger partial charge in [0.05, 0.1) is 18.7 Å². The van der Waals surface area contributed by atoms with E-state index in [1.54, 1.807) is 0 Å². The van der Waals surface area contributed by atoms with Crippen LogP contribution in [0.2, 0.25) is 0 Å². The normalized spacial score (nSPS) is 17.9. The number of ether oxygens (including phenoxy) is 1. The molecule has 1 atom stereocenters. The summed E-state index contributed by atoms with van der Waals surface area (Å²) < 4.78 is 18.4. The van der Waals surface area contributed by atoms with Crippen LogP contribution in [0, 0.1) is 11.7 Å². The summed E-state index contributed by atoms with van der Waals surface area (Å²) in [6.45, 7) is 2.58. The van der Waals surface area contributed by atoms with E-state index in [-0.39, 0.29) is 17.6 Å². The van der Waals surface area contributed by atoms with Crippen LogP contribution in [0.4, 0.5) is 10.1 Å². The highest BCUT2D eigenvalue weighted by molar-refractivity contribution is 5.94. The Balaban J connectivity index is 1.62. The zero-order valence-corrected chi connectivity index (χ0v) is 14.4. The molecule has 1 amide bonds. The first kappa shape index (κ1) is 17.4. The summed E-state index contributed by atoms with van der Waals surface area (Å²) >= 11 is 0.